The molecule has 3 rings (SSSR count). The van der Waals surface area contributed by atoms with E-state index in [4.69, 9.17) is 39.5 Å². The summed E-state index contributed by atoms with van der Waals surface area (Å²) < 4.78 is 19.4. The summed E-state index contributed by atoms with van der Waals surface area (Å²) in [6.07, 6.45) is -0.429. The Morgan fingerprint density at radius 1 is 1.10 bits per heavy atom. The molecule has 1 aliphatic heterocycles. The van der Waals surface area contributed by atoms with Gasteiger partial charge in [-0.2, -0.15) is 0 Å². The Morgan fingerprint density at radius 3 is 2.70 bits per heavy atom. The summed E-state index contributed by atoms with van der Waals surface area (Å²) in [5.41, 5.74) is 1.34. The van der Waals surface area contributed by atoms with Crippen molar-refractivity contribution in [3.63, 3.8) is 0 Å². The number of anilines is 1. The molecule has 0 amide bonds. The number of halogens is 4. The van der Waals surface area contributed by atoms with Crippen molar-refractivity contribution in [2.45, 2.75) is 6.10 Å². The van der Waals surface area contributed by atoms with Gasteiger partial charge in [0.2, 0.25) is 0 Å². The summed E-state index contributed by atoms with van der Waals surface area (Å²) in [6.45, 7) is 0.466. The van der Waals surface area contributed by atoms with Crippen LogP contribution in [-0.4, -0.2) is 6.54 Å². The van der Waals surface area contributed by atoms with Gasteiger partial charge in [0.25, 0.3) is 0 Å². The first-order valence-electron chi connectivity index (χ1n) is 5.89. The molecule has 1 aliphatic rings. The van der Waals surface area contributed by atoms with Crippen molar-refractivity contribution in [1.29, 1.82) is 0 Å². The lowest BCUT2D eigenvalue weighted by molar-refractivity contribution is 0.210. The molecule has 0 saturated carbocycles. The Kier molecular flexibility index (Phi) is 3.67. The molecular formula is C14H9Cl3FNO. The van der Waals surface area contributed by atoms with E-state index in [1.54, 1.807) is 6.07 Å². The highest BCUT2D eigenvalue weighted by Gasteiger charge is 2.25. The molecule has 0 bridgehead atoms. The van der Waals surface area contributed by atoms with Gasteiger partial charge >= 0.3 is 0 Å². The van der Waals surface area contributed by atoms with E-state index in [1.807, 2.05) is 12.1 Å². The van der Waals surface area contributed by atoms with Gasteiger partial charge in [0.1, 0.15) is 11.9 Å². The Labute approximate surface area is 130 Å². The third-order valence-electron chi connectivity index (χ3n) is 3.09. The summed E-state index contributed by atoms with van der Waals surface area (Å²) in [5.74, 6) is 0.0106. The van der Waals surface area contributed by atoms with Crippen LogP contribution in [0.5, 0.6) is 5.75 Å². The maximum Gasteiger partial charge on any atom is 0.162 e. The Morgan fingerprint density at radius 2 is 1.90 bits per heavy atom. The van der Waals surface area contributed by atoms with Gasteiger partial charge in [-0.05, 0) is 24.3 Å². The van der Waals surface area contributed by atoms with Crippen LogP contribution >= 0.6 is 34.8 Å². The van der Waals surface area contributed by atoms with Gasteiger partial charge in [-0.15, -0.1) is 0 Å². The van der Waals surface area contributed by atoms with Gasteiger partial charge in [-0.1, -0.05) is 40.9 Å². The summed E-state index contributed by atoms with van der Waals surface area (Å²) in [6, 6.07) is 8.08. The van der Waals surface area contributed by atoms with Crippen LogP contribution < -0.4 is 10.1 Å². The first-order valence-corrected chi connectivity index (χ1v) is 7.03. The van der Waals surface area contributed by atoms with Crippen LogP contribution in [0.15, 0.2) is 30.3 Å². The second-order valence-electron chi connectivity index (χ2n) is 4.39. The molecule has 0 spiro atoms. The summed E-state index contributed by atoms with van der Waals surface area (Å²) >= 11 is 17.9. The zero-order valence-electron chi connectivity index (χ0n) is 10.1. The summed E-state index contributed by atoms with van der Waals surface area (Å²) in [7, 11) is 0. The summed E-state index contributed by atoms with van der Waals surface area (Å²) in [5, 5.41) is 4.03. The first kappa shape index (κ1) is 13.8. The number of ether oxygens (including phenoxy) is 1. The standard InChI is InChI=1S/C14H9Cl3FNO/c15-8-2-1-3-12-14(8)20-13(6-19-12)7-4-11(18)10(17)5-9(7)16/h1-5,13,19H,6H2. The Hall–Kier alpha value is -1.16. The highest BCUT2D eigenvalue weighted by atomic mass is 35.5. The number of fused-ring (bicyclic) bond motifs is 1. The fourth-order valence-electron chi connectivity index (χ4n) is 2.11. The van der Waals surface area contributed by atoms with E-state index < -0.39 is 11.9 Å². The van der Waals surface area contributed by atoms with Gasteiger partial charge in [-0.3, -0.25) is 0 Å². The molecule has 104 valence electrons. The molecule has 1 heterocycles. The van der Waals surface area contributed by atoms with Crippen molar-refractivity contribution in [2.24, 2.45) is 0 Å². The minimum absolute atomic E-state index is 0.0130. The topological polar surface area (TPSA) is 21.3 Å². The third kappa shape index (κ3) is 2.41. The predicted molar refractivity (Wildman–Crippen MR) is 79.7 cm³/mol. The number of hydrogen-bond acceptors (Lipinski definition) is 2. The lowest BCUT2D eigenvalue weighted by atomic mass is 10.1. The van der Waals surface area contributed by atoms with Gasteiger partial charge in [0, 0.05) is 10.6 Å². The molecule has 0 saturated heterocycles. The van der Waals surface area contributed by atoms with E-state index in [0.29, 0.717) is 27.9 Å². The van der Waals surface area contributed by atoms with E-state index in [9.17, 15) is 4.39 Å². The van der Waals surface area contributed by atoms with Crippen LogP contribution in [0.1, 0.15) is 11.7 Å². The van der Waals surface area contributed by atoms with Crippen LogP contribution in [0, 0.1) is 5.82 Å². The highest BCUT2D eigenvalue weighted by molar-refractivity contribution is 6.35. The van der Waals surface area contributed by atoms with Crippen molar-refractivity contribution in [2.75, 3.05) is 11.9 Å². The number of hydrogen-bond donors (Lipinski definition) is 1. The van der Waals surface area contributed by atoms with Gasteiger partial charge in [0.05, 0.1) is 22.3 Å². The van der Waals surface area contributed by atoms with Crippen molar-refractivity contribution in [1.82, 2.24) is 0 Å². The van der Waals surface area contributed by atoms with Crippen LogP contribution in [0.25, 0.3) is 0 Å². The minimum Gasteiger partial charge on any atom is -0.480 e. The first-order chi connectivity index (χ1) is 9.56. The monoisotopic (exact) mass is 331 g/mol. The van der Waals surface area contributed by atoms with E-state index in [0.717, 1.165) is 5.69 Å². The summed E-state index contributed by atoms with van der Waals surface area (Å²) in [4.78, 5) is 0. The van der Waals surface area contributed by atoms with Gasteiger partial charge in [0.15, 0.2) is 5.75 Å². The number of benzene rings is 2. The molecule has 6 heteroatoms. The van der Waals surface area contributed by atoms with E-state index in [-0.39, 0.29) is 5.02 Å². The lowest BCUT2D eigenvalue weighted by Crippen LogP contribution is -2.24. The third-order valence-corrected chi connectivity index (χ3v) is 4.01. The zero-order valence-corrected chi connectivity index (χ0v) is 12.4. The molecule has 2 aromatic rings. The second kappa shape index (κ2) is 5.32. The molecule has 1 N–H and O–H groups in total. The van der Waals surface area contributed by atoms with Gasteiger partial charge in [-0.25, -0.2) is 4.39 Å². The van der Waals surface area contributed by atoms with E-state index in [2.05, 4.69) is 5.32 Å². The van der Waals surface area contributed by atoms with Gasteiger partial charge < -0.3 is 10.1 Å². The van der Waals surface area contributed by atoms with Crippen molar-refractivity contribution in [3.05, 3.63) is 56.8 Å². The minimum atomic E-state index is -0.528. The maximum absolute atomic E-state index is 13.6. The molecule has 0 aromatic heterocycles. The van der Waals surface area contributed by atoms with E-state index in [1.165, 1.54) is 12.1 Å². The fraction of sp³-hybridized carbons (Fsp3) is 0.143. The Bertz CT molecular complexity index is 678. The highest BCUT2D eigenvalue weighted by Crippen LogP contribution is 2.41. The smallest absolute Gasteiger partial charge is 0.162 e. The second-order valence-corrected chi connectivity index (χ2v) is 5.61. The molecule has 2 aromatic carbocycles. The number of rotatable bonds is 1. The SMILES string of the molecule is Fc1cc(C2CNc3cccc(Cl)c3O2)c(Cl)cc1Cl. The van der Waals surface area contributed by atoms with Crippen LogP contribution in [0.2, 0.25) is 15.1 Å². The van der Waals surface area contributed by atoms with Crippen molar-refractivity contribution < 1.29 is 9.13 Å². The molecular weight excluding hydrogens is 324 g/mol. The van der Waals surface area contributed by atoms with E-state index >= 15 is 0 Å². The molecule has 20 heavy (non-hydrogen) atoms. The lowest BCUT2D eigenvalue weighted by Gasteiger charge is -2.28. The van der Waals surface area contributed by atoms with Crippen LogP contribution in [0.4, 0.5) is 10.1 Å². The van der Waals surface area contributed by atoms with Crippen LogP contribution in [0.3, 0.4) is 0 Å². The van der Waals surface area contributed by atoms with Crippen LogP contribution in [-0.2, 0) is 0 Å². The maximum atomic E-state index is 13.6. The average Bonchev–Trinajstić information content (AvgIpc) is 2.43. The zero-order chi connectivity index (χ0) is 14.3. The van der Waals surface area contributed by atoms with Crippen molar-refractivity contribution >= 4 is 40.5 Å². The molecule has 1 unspecified atom stereocenters. The molecule has 1 atom stereocenters. The Balaban J connectivity index is 1.98. The molecule has 0 aliphatic carbocycles. The largest absolute Gasteiger partial charge is 0.480 e. The normalized spacial score (nSPS) is 17.1. The average molecular weight is 333 g/mol. The quantitative estimate of drug-likeness (QED) is 0.713. The molecule has 0 radical (unpaired) electrons. The number of para-hydroxylation sites is 1. The predicted octanol–water partition coefficient (Wildman–Crippen LogP) is 5.33. The molecule has 2 nitrogen and oxygen atoms in total. The molecule has 0 fully saturated rings. The number of nitrogens with one attached hydrogen (secondary N) is 1. The fourth-order valence-corrected chi connectivity index (χ4v) is 2.84. The van der Waals surface area contributed by atoms with Crippen molar-refractivity contribution in [3.8, 4) is 5.75 Å².